The van der Waals surface area contributed by atoms with Gasteiger partial charge in [0, 0.05) is 5.92 Å². The summed E-state index contributed by atoms with van der Waals surface area (Å²) in [6.07, 6.45) is 0.909. The molecule has 0 amide bonds. The summed E-state index contributed by atoms with van der Waals surface area (Å²) in [5.41, 5.74) is 2.56. The molecule has 1 aromatic rings. The molecule has 0 bridgehead atoms. The predicted octanol–water partition coefficient (Wildman–Crippen LogP) is 2.85. The van der Waals surface area contributed by atoms with Crippen LogP contribution in [0.5, 0.6) is 0 Å². The lowest BCUT2D eigenvalue weighted by Gasteiger charge is -2.05. The summed E-state index contributed by atoms with van der Waals surface area (Å²) in [5.74, 6) is -0.0847. The van der Waals surface area contributed by atoms with Gasteiger partial charge in [-0.15, -0.1) is 0 Å². The Kier molecular flexibility index (Phi) is 2.81. The number of carbonyl (C=O) groups is 1. The standard InChI is InChI=1S/C11H11NO/c1-8-6-10(9(2)7-13)4-5-11(8)12-3/h4-7,9H,1-2H3. The fourth-order valence-corrected chi connectivity index (χ4v) is 1.17. The molecule has 1 unspecified atom stereocenters. The van der Waals surface area contributed by atoms with E-state index in [1.54, 1.807) is 6.07 Å². The van der Waals surface area contributed by atoms with E-state index in [1.807, 2.05) is 26.0 Å². The lowest BCUT2D eigenvalue weighted by molar-refractivity contribution is -0.108. The second-order valence-electron chi connectivity index (χ2n) is 3.08. The van der Waals surface area contributed by atoms with E-state index in [9.17, 15) is 4.79 Å². The summed E-state index contributed by atoms with van der Waals surface area (Å²) < 4.78 is 0. The molecule has 1 rings (SSSR count). The lowest BCUT2D eigenvalue weighted by atomic mass is 10.00. The Balaban J connectivity index is 3.11. The predicted molar refractivity (Wildman–Crippen MR) is 51.9 cm³/mol. The molecule has 13 heavy (non-hydrogen) atoms. The monoisotopic (exact) mass is 173 g/mol. The van der Waals surface area contributed by atoms with E-state index in [0.29, 0.717) is 5.69 Å². The fraction of sp³-hybridized carbons (Fsp3) is 0.273. The van der Waals surface area contributed by atoms with E-state index < -0.39 is 0 Å². The molecule has 1 atom stereocenters. The Labute approximate surface area is 78.0 Å². The molecule has 0 heterocycles. The minimum Gasteiger partial charge on any atom is -0.303 e. The molecule has 0 N–H and O–H groups in total. The van der Waals surface area contributed by atoms with Gasteiger partial charge in [-0.1, -0.05) is 25.1 Å². The van der Waals surface area contributed by atoms with Crippen molar-refractivity contribution in [3.8, 4) is 0 Å². The number of carbonyl (C=O) groups excluding carboxylic acids is 1. The summed E-state index contributed by atoms with van der Waals surface area (Å²) in [7, 11) is 0. The van der Waals surface area contributed by atoms with Crippen molar-refractivity contribution < 1.29 is 4.79 Å². The Morgan fingerprint density at radius 3 is 2.69 bits per heavy atom. The zero-order valence-corrected chi connectivity index (χ0v) is 7.74. The lowest BCUT2D eigenvalue weighted by Crippen LogP contribution is -1.94. The van der Waals surface area contributed by atoms with Crippen LogP contribution in [0.25, 0.3) is 4.85 Å². The first kappa shape index (κ1) is 9.47. The first-order valence-electron chi connectivity index (χ1n) is 4.12. The third-order valence-electron chi connectivity index (χ3n) is 2.07. The molecule has 0 spiro atoms. The third-order valence-corrected chi connectivity index (χ3v) is 2.07. The minimum absolute atomic E-state index is 0.0847. The first-order valence-corrected chi connectivity index (χ1v) is 4.12. The van der Waals surface area contributed by atoms with Crippen molar-refractivity contribution >= 4 is 12.0 Å². The van der Waals surface area contributed by atoms with Crippen LogP contribution in [0, 0.1) is 13.5 Å². The number of aldehydes is 1. The highest BCUT2D eigenvalue weighted by atomic mass is 16.1. The topological polar surface area (TPSA) is 21.4 Å². The molecule has 0 radical (unpaired) electrons. The summed E-state index contributed by atoms with van der Waals surface area (Å²) in [4.78, 5) is 13.9. The second-order valence-corrected chi connectivity index (χ2v) is 3.08. The number of rotatable bonds is 2. The van der Waals surface area contributed by atoms with E-state index in [2.05, 4.69) is 4.85 Å². The van der Waals surface area contributed by atoms with Gasteiger partial charge in [-0.05, 0) is 18.1 Å². The van der Waals surface area contributed by atoms with Gasteiger partial charge in [0.1, 0.15) is 6.29 Å². The largest absolute Gasteiger partial charge is 0.303 e. The maximum absolute atomic E-state index is 10.5. The molecule has 0 saturated heterocycles. The van der Waals surface area contributed by atoms with Crippen LogP contribution < -0.4 is 0 Å². The molecule has 0 aliphatic heterocycles. The SMILES string of the molecule is [C-]#[N+]c1ccc(C(C)C=O)cc1C. The molecule has 2 heteroatoms. The summed E-state index contributed by atoms with van der Waals surface area (Å²) >= 11 is 0. The summed E-state index contributed by atoms with van der Waals surface area (Å²) in [6, 6.07) is 5.49. The Hall–Kier alpha value is -1.62. The zero-order valence-electron chi connectivity index (χ0n) is 7.74. The van der Waals surface area contributed by atoms with Crippen molar-refractivity contribution in [2.45, 2.75) is 19.8 Å². The number of hydrogen-bond acceptors (Lipinski definition) is 1. The van der Waals surface area contributed by atoms with Gasteiger partial charge in [-0.3, -0.25) is 0 Å². The van der Waals surface area contributed by atoms with Crippen molar-refractivity contribution in [1.29, 1.82) is 0 Å². The van der Waals surface area contributed by atoms with Gasteiger partial charge in [0.25, 0.3) is 0 Å². The van der Waals surface area contributed by atoms with Crippen LogP contribution in [0.1, 0.15) is 24.0 Å². The van der Waals surface area contributed by atoms with E-state index in [0.717, 1.165) is 17.4 Å². The minimum atomic E-state index is -0.0847. The highest BCUT2D eigenvalue weighted by Crippen LogP contribution is 2.22. The molecule has 0 aliphatic carbocycles. The van der Waals surface area contributed by atoms with Gasteiger partial charge in [0.15, 0.2) is 5.69 Å². The van der Waals surface area contributed by atoms with Gasteiger partial charge < -0.3 is 4.79 Å². The Morgan fingerprint density at radius 1 is 1.54 bits per heavy atom. The number of nitrogens with zero attached hydrogens (tertiary/aromatic N) is 1. The quantitative estimate of drug-likeness (QED) is 0.497. The normalized spacial score (nSPS) is 11.8. The van der Waals surface area contributed by atoms with Gasteiger partial charge in [-0.25, -0.2) is 4.85 Å². The van der Waals surface area contributed by atoms with E-state index in [-0.39, 0.29) is 5.92 Å². The zero-order chi connectivity index (χ0) is 9.84. The van der Waals surface area contributed by atoms with Crippen molar-refractivity contribution in [2.75, 3.05) is 0 Å². The Bertz CT molecular complexity index is 363. The highest BCUT2D eigenvalue weighted by Gasteiger charge is 2.05. The van der Waals surface area contributed by atoms with Crippen molar-refractivity contribution in [2.24, 2.45) is 0 Å². The Morgan fingerprint density at radius 2 is 2.23 bits per heavy atom. The molecule has 1 aromatic carbocycles. The summed E-state index contributed by atoms with van der Waals surface area (Å²) in [5, 5.41) is 0. The molecule has 0 fully saturated rings. The maximum atomic E-state index is 10.5. The number of hydrogen-bond donors (Lipinski definition) is 0. The fourth-order valence-electron chi connectivity index (χ4n) is 1.17. The van der Waals surface area contributed by atoms with Crippen LogP contribution >= 0.6 is 0 Å². The van der Waals surface area contributed by atoms with Gasteiger partial charge in [0.2, 0.25) is 0 Å². The molecule has 0 aliphatic rings. The molecule has 2 nitrogen and oxygen atoms in total. The van der Waals surface area contributed by atoms with E-state index >= 15 is 0 Å². The van der Waals surface area contributed by atoms with E-state index in [4.69, 9.17) is 6.57 Å². The van der Waals surface area contributed by atoms with Gasteiger partial charge in [0.05, 0.1) is 6.57 Å². The van der Waals surface area contributed by atoms with Crippen LogP contribution in [-0.4, -0.2) is 6.29 Å². The molecule has 66 valence electrons. The number of aryl methyl sites for hydroxylation is 1. The first-order chi connectivity index (χ1) is 6.19. The van der Waals surface area contributed by atoms with Crippen molar-refractivity contribution in [1.82, 2.24) is 0 Å². The van der Waals surface area contributed by atoms with Crippen molar-refractivity contribution in [3.05, 3.63) is 40.7 Å². The second kappa shape index (κ2) is 3.86. The molecule has 0 aromatic heterocycles. The van der Waals surface area contributed by atoms with Crippen molar-refractivity contribution in [3.63, 3.8) is 0 Å². The number of benzene rings is 1. The van der Waals surface area contributed by atoms with Crippen LogP contribution in [0.3, 0.4) is 0 Å². The van der Waals surface area contributed by atoms with Crippen LogP contribution in [0.2, 0.25) is 0 Å². The van der Waals surface area contributed by atoms with Crippen LogP contribution in [0.4, 0.5) is 5.69 Å². The smallest absolute Gasteiger partial charge is 0.190 e. The molecular formula is C11H11NO. The van der Waals surface area contributed by atoms with Crippen LogP contribution in [0.15, 0.2) is 18.2 Å². The highest BCUT2D eigenvalue weighted by molar-refractivity contribution is 5.63. The maximum Gasteiger partial charge on any atom is 0.190 e. The molecule has 0 saturated carbocycles. The average Bonchev–Trinajstić information content (AvgIpc) is 2.16. The van der Waals surface area contributed by atoms with E-state index in [1.165, 1.54) is 0 Å². The van der Waals surface area contributed by atoms with Gasteiger partial charge in [-0.2, -0.15) is 0 Å². The van der Waals surface area contributed by atoms with Gasteiger partial charge >= 0.3 is 0 Å². The third kappa shape index (κ3) is 1.94. The molecular weight excluding hydrogens is 162 g/mol. The summed E-state index contributed by atoms with van der Waals surface area (Å²) in [6.45, 7) is 10.6. The average molecular weight is 173 g/mol. The van der Waals surface area contributed by atoms with Crippen LogP contribution in [-0.2, 0) is 4.79 Å².